The SMILES string of the molecule is CC(C(=O)N1CCN(C(=O)c2c(F)cccc2F)CC1)C(N)c1ccccc1.Cl. The van der Waals surface area contributed by atoms with Crippen LogP contribution < -0.4 is 5.73 Å². The Labute approximate surface area is 174 Å². The molecule has 2 N–H and O–H groups in total. The maximum absolute atomic E-state index is 13.9. The van der Waals surface area contributed by atoms with Crippen LogP contribution >= 0.6 is 12.4 Å². The third-order valence-corrected chi connectivity index (χ3v) is 5.17. The zero-order valence-corrected chi connectivity index (χ0v) is 16.9. The highest BCUT2D eigenvalue weighted by Gasteiger charge is 2.31. The van der Waals surface area contributed by atoms with Crippen molar-refractivity contribution >= 4 is 24.2 Å². The lowest BCUT2D eigenvalue weighted by molar-refractivity contribution is -0.137. The predicted octanol–water partition coefficient (Wildman–Crippen LogP) is 3.01. The second-order valence-electron chi connectivity index (χ2n) is 6.94. The summed E-state index contributed by atoms with van der Waals surface area (Å²) in [4.78, 5) is 28.3. The molecular formula is C21H24ClF2N3O2. The molecule has 0 aliphatic carbocycles. The van der Waals surface area contributed by atoms with Gasteiger partial charge in [0.2, 0.25) is 5.91 Å². The highest BCUT2D eigenvalue weighted by Crippen LogP contribution is 2.22. The standard InChI is InChI=1S/C21H23F2N3O2.ClH/c1-14(19(24)15-6-3-2-4-7-15)20(27)25-10-12-26(13-11-25)21(28)18-16(22)8-5-9-17(18)23;/h2-9,14,19H,10-13,24H2,1H3;1H. The number of piperazine rings is 1. The van der Waals surface area contributed by atoms with Crippen LogP contribution in [0.25, 0.3) is 0 Å². The Morgan fingerprint density at radius 2 is 1.41 bits per heavy atom. The lowest BCUT2D eigenvalue weighted by Crippen LogP contribution is -2.52. The Balaban J connectivity index is 0.00000300. The van der Waals surface area contributed by atoms with Gasteiger partial charge in [0.15, 0.2) is 0 Å². The molecule has 0 spiro atoms. The van der Waals surface area contributed by atoms with Gasteiger partial charge in [-0.15, -0.1) is 12.4 Å². The van der Waals surface area contributed by atoms with Crippen molar-refractivity contribution in [2.75, 3.05) is 26.2 Å². The largest absolute Gasteiger partial charge is 0.339 e. The minimum Gasteiger partial charge on any atom is -0.339 e. The highest BCUT2D eigenvalue weighted by atomic mass is 35.5. The van der Waals surface area contributed by atoms with E-state index in [9.17, 15) is 18.4 Å². The van der Waals surface area contributed by atoms with E-state index in [0.717, 1.165) is 17.7 Å². The first-order chi connectivity index (χ1) is 13.4. The Bertz CT molecular complexity index is 838. The van der Waals surface area contributed by atoms with Gasteiger partial charge < -0.3 is 15.5 Å². The predicted molar refractivity (Wildman–Crippen MR) is 109 cm³/mol. The van der Waals surface area contributed by atoms with Gasteiger partial charge in [-0.25, -0.2) is 8.78 Å². The number of amides is 2. The van der Waals surface area contributed by atoms with Gasteiger partial charge in [0.05, 0.1) is 5.92 Å². The van der Waals surface area contributed by atoms with E-state index < -0.39 is 35.1 Å². The van der Waals surface area contributed by atoms with E-state index in [-0.39, 0.29) is 31.4 Å². The molecule has 156 valence electrons. The van der Waals surface area contributed by atoms with Crippen molar-refractivity contribution in [3.05, 3.63) is 71.3 Å². The monoisotopic (exact) mass is 423 g/mol. The van der Waals surface area contributed by atoms with Crippen LogP contribution in [0.1, 0.15) is 28.9 Å². The smallest absolute Gasteiger partial charge is 0.259 e. The van der Waals surface area contributed by atoms with E-state index >= 15 is 0 Å². The van der Waals surface area contributed by atoms with Crippen LogP contribution in [0.3, 0.4) is 0 Å². The van der Waals surface area contributed by atoms with Crippen molar-refractivity contribution in [3.63, 3.8) is 0 Å². The third-order valence-electron chi connectivity index (χ3n) is 5.17. The van der Waals surface area contributed by atoms with Crippen molar-refractivity contribution in [2.24, 2.45) is 11.7 Å². The molecule has 0 saturated carbocycles. The molecule has 2 unspecified atom stereocenters. The van der Waals surface area contributed by atoms with Gasteiger partial charge in [-0.05, 0) is 17.7 Å². The molecule has 0 aromatic heterocycles. The lowest BCUT2D eigenvalue weighted by Gasteiger charge is -2.37. The minimum absolute atomic E-state index is 0. The summed E-state index contributed by atoms with van der Waals surface area (Å²) in [5.74, 6) is -2.98. The van der Waals surface area contributed by atoms with Gasteiger partial charge in [-0.1, -0.05) is 43.3 Å². The fourth-order valence-corrected chi connectivity index (χ4v) is 3.40. The molecule has 1 aliphatic rings. The Morgan fingerprint density at radius 3 is 1.97 bits per heavy atom. The summed E-state index contributed by atoms with van der Waals surface area (Å²) in [7, 11) is 0. The van der Waals surface area contributed by atoms with Crippen LogP contribution in [-0.4, -0.2) is 47.8 Å². The Kier molecular flexibility index (Phi) is 7.70. The van der Waals surface area contributed by atoms with E-state index in [0.29, 0.717) is 13.1 Å². The molecule has 2 aromatic carbocycles. The topological polar surface area (TPSA) is 66.6 Å². The number of carbonyl (C=O) groups excluding carboxylic acids is 2. The molecule has 29 heavy (non-hydrogen) atoms. The molecule has 1 aliphatic heterocycles. The summed E-state index contributed by atoms with van der Waals surface area (Å²) >= 11 is 0. The van der Waals surface area contributed by atoms with Crippen LogP contribution in [0.15, 0.2) is 48.5 Å². The third kappa shape index (κ3) is 4.92. The molecule has 5 nitrogen and oxygen atoms in total. The molecule has 8 heteroatoms. The van der Waals surface area contributed by atoms with Gasteiger partial charge in [0, 0.05) is 32.2 Å². The Morgan fingerprint density at radius 1 is 0.897 bits per heavy atom. The lowest BCUT2D eigenvalue weighted by atomic mass is 9.94. The van der Waals surface area contributed by atoms with Gasteiger partial charge >= 0.3 is 0 Å². The fraction of sp³-hybridized carbons (Fsp3) is 0.333. The highest BCUT2D eigenvalue weighted by molar-refractivity contribution is 5.95. The molecule has 2 amide bonds. The van der Waals surface area contributed by atoms with Gasteiger partial charge in [0.25, 0.3) is 5.91 Å². The maximum Gasteiger partial charge on any atom is 0.259 e. The van der Waals surface area contributed by atoms with Crippen molar-refractivity contribution in [1.29, 1.82) is 0 Å². The fourth-order valence-electron chi connectivity index (χ4n) is 3.40. The number of carbonyl (C=O) groups is 2. The van der Waals surface area contributed by atoms with E-state index in [2.05, 4.69) is 0 Å². The average molecular weight is 424 g/mol. The number of benzene rings is 2. The molecule has 2 aromatic rings. The summed E-state index contributed by atoms with van der Waals surface area (Å²) in [6, 6.07) is 12.3. The van der Waals surface area contributed by atoms with E-state index in [1.54, 1.807) is 11.8 Å². The van der Waals surface area contributed by atoms with E-state index in [1.807, 2.05) is 30.3 Å². The molecule has 0 bridgehead atoms. The van der Waals surface area contributed by atoms with E-state index in [1.165, 1.54) is 11.0 Å². The molecule has 1 saturated heterocycles. The molecule has 3 rings (SSSR count). The van der Waals surface area contributed by atoms with Crippen molar-refractivity contribution in [3.8, 4) is 0 Å². The summed E-state index contributed by atoms with van der Waals surface area (Å²) in [6.45, 7) is 2.81. The van der Waals surface area contributed by atoms with Gasteiger partial charge in [-0.3, -0.25) is 9.59 Å². The van der Waals surface area contributed by atoms with Crippen molar-refractivity contribution in [1.82, 2.24) is 9.80 Å². The van der Waals surface area contributed by atoms with Crippen molar-refractivity contribution in [2.45, 2.75) is 13.0 Å². The quantitative estimate of drug-likeness (QED) is 0.822. The molecule has 2 atom stereocenters. The second-order valence-corrected chi connectivity index (χ2v) is 6.94. The van der Waals surface area contributed by atoms with Crippen molar-refractivity contribution < 1.29 is 18.4 Å². The van der Waals surface area contributed by atoms with Crippen LogP contribution in [0.5, 0.6) is 0 Å². The first-order valence-corrected chi connectivity index (χ1v) is 9.22. The van der Waals surface area contributed by atoms with Crippen LogP contribution in [0.2, 0.25) is 0 Å². The second kappa shape index (κ2) is 9.80. The number of hydrogen-bond acceptors (Lipinski definition) is 3. The van der Waals surface area contributed by atoms with Crippen LogP contribution in [0, 0.1) is 17.6 Å². The number of rotatable bonds is 4. The Hall–Kier alpha value is -2.51. The molecular weight excluding hydrogens is 400 g/mol. The van der Waals surface area contributed by atoms with Gasteiger partial charge in [-0.2, -0.15) is 0 Å². The van der Waals surface area contributed by atoms with Crippen LogP contribution in [0.4, 0.5) is 8.78 Å². The number of hydrogen-bond donors (Lipinski definition) is 1. The maximum atomic E-state index is 13.9. The zero-order valence-electron chi connectivity index (χ0n) is 16.1. The number of halogens is 3. The molecule has 1 heterocycles. The summed E-state index contributed by atoms with van der Waals surface area (Å²) in [5, 5.41) is 0. The first-order valence-electron chi connectivity index (χ1n) is 9.22. The average Bonchev–Trinajstić information content (AvgIpc) is 2.72. The number of nitrogens with zero attached hydrogens (tertiary/aromatic N) is 2. The summed E-state index contributed by atoms with van der Waals surface area (Å²) in [6.07, 6.45) is 0. The molecule has 1 fully saturated rings. The normalized spacial score (nSPS) is 16.0. The zero-order chi connectivity index (χ0) is 20.3. The number of nitrogens with two attached hydrogens (primary N) is 1. The van der Waals surface area contributed by atoms with Crippen LogP contribution in [-0.2, 0) is 4.79 Å². The summed E-state index contributed by atoms with van der Waals surface area (Å²) in [5.41, 5.74) is 6.56. The molecule has 0 radical (unpaired) electrons. The van der Waals surface area contributed by atoms with Gasteiger partial charge in [0.1, 0.15) is 17.2 Å². The minimum atomic E-state index is -0.883. The first kappa shape index (κ1) is 22.8. The van der Waals surface area contributed by atoms with E-state index in [4.69, 9.17) is 5.73 Å². The summed E-state index contributed by atoms with van der Waals surface area (Å²) < 4.78 is 27.7.